The summed E-state index contributed by atoms with van der Waals surface area (Å²) in [5.41, 5.74) is -9.03. The van der Waals surface area contributed by atoms with Crippen LogP contribution in [-0.2, 0) is 58.0 Å². The van der Waals surface area contributed by atoms with Gasteiger partial charge in [0, 0.05) is 18.3 Å². The number of hydrogen-bond donors (Lipinski definition) is 3. The summed E-state index contributed by atoms with van der Waals surface area (Å²) in [6.45, 7) is 23.3. The van der Waals surface area contributed by atoms with Crippen molar-refractivity contribution in [3.05, 3.63) is 35.9 Å². The smallest absolute Gasteiger partial charge is 0.417 e. The van der Waals surface area contributed by atoms with Crippen LogP contribution in [-0.4, -0.2) is 110 Å². The zero-order valence-electron chi connectivity index (χ0n) is 52.0. The number of halogens is 6. The minimum absolute atomic E-state index is 0.0687. The van der Waals surface area contributed by atoms with Crippen molar-refractivity contribution in [1.82, 2.24) is 0 Å². The van der Waals surface area contributed by atoms with Crippen LogP contribution in [0.2, 0.25) is 0 Å². The van der Waals surface area contributed by atoms with Gasteiger partial charge >= 0.3 is 42.2 Å². The van der Waals surface area contributed by atoms with Crippen LogP contribution in [0.4, 0.5) is 26.3 Å². The molecule has 0 radical (unpaired) electrons. The highest BCUT2D eigenvalue weighted by molar-refractivity contribution is 5.79. The van der Waals surface area contributed by atoms with Crippen LogP contribution < -0.4 is 0 Å². The van der Waals surface area contributed by atoms with Gasteiger partial charge in [0.2, 0.25) is 0 Å². The molecule has 478 valence electrons. The first-order valence-electron chi connectivity index (χ1n) is 30.6. The highest BCUT2D eigenvalue weighted by Crippen LogP contribution is 2.59. The maximum Gasteiger partial charge on any atom is 0.417 e. The second-order valence-corrected chi connectivity index (χ2v) is 28.8. The lowest BCUT2D eigenvalue weighted by molar-refractivity contribution is -0.299. The normalized spacial score (nSPS) is 32.6. The summed E-state index contributed by atoms with van der Waals surface area (Å²) in [4.78, 5) is 60.7. The molecule has 11 unspecified atom stereocenters. The van der Waals surface area contributed by atoms with Gasteiger partial charge in [0.25, 0.3) is 0 Å². The highest BCUT2D eigenvalue weighted by atomic mass is 19.4. The number of esters is 5. The number of aliphatic hydroxyl groups is 3. The van der Waals surface area contributed by atoms with Crippen molar-refractivity contribution in [2.24, 2.45) is 51.2 Å². The van der Waals surface area contributed by atoms with Crippen LogP contribution in [0.1, 0.15) is 218 Å². The monoisotopic (exact) mass is 1200 g/mol. The predicted octanol–water partition coefficient (Wildman–Crippen LogP) is 12.9. The summed E-state index contributed by atoms with van der Waals surface area (Å²) in [5.74, 6) is -3.74. The van der Waals surface area contributed by atoms with Gasteiger partial charge in [0.15, 0.2) is 23.4 Å². The number of ether oxygens (including phenoxy) is 6. The fourth-order valence-corrected chi connectivity index (χ4v) is 13.3. The van der Waals surface area contributed by atoms with Gasteiger partial charge in [0.1, 0.15) is 23.4 Å². The molecule has 11 atom stereocenters. The zero-order valence-corrected chi connectivity index (χ0v) is 52.0. The Morgan fingerprint density at radius 3 is 1.46 bits per heavy atom. The number of carbonyl (C=O) groups is 5. The van der Waals surface area contributed by atoms with E-state index in [1.807, 2.05) is 80.5 Å². The Labute approximate surface area is 492 Å². The third-order valence-electron chi connectivity index (χ3n) is 20.7. The average Bonchev–Trinajstić information content (AvgIpc) is 1.25. The van der Waals surface area contributed by atoms with Gasteiger partial charge in [-0.25, -0.2) is 0 Å². The lowest BCUT2D eigenvalue weighted by atomic mass is 9.52. The van der Waals surface area contributed by atoms with Gasteiger partial charge in [-0.3, -0.25) is 24.0 Å². The SMILES string of the molecule is CCC(C)(C)C(=O)OC1(c2ccccc2)CCCC1.CCC(C)(C)C(=O)OC12CC3CC(CC(O)(C3)C1)C2.CCC(C)(C)C(=O)OC1C2CC3C(=O)OC1C3O2.CCC(C)(C)C(=O)OC1CC(C(C)(O)C(F)(F)F)CC(C(C)(O)C(F)(F)F)C1. The molecular formula is C64H96F6O14. The third kappa shape index (κ3) is 14.8. The molecule has 3 heterocycles. The van der Waals surface area contributed by atoms with Crippen molar-refractivity contribution < 1.29 is 94.1 Å². The van der Waals surface area contributed by atoms with E-state index in [0.29, 0.717) is 51.4 Å². The summed E-state index contributed by atoms with van der Waals surface area (Å²) in [6.07, 6.45) is -1.21. The van der Waals surface area contributed by atoms with Gasteiger partial charge in [-0.05, 0) is 196 Å². The molecule has 1 aromatic rings. The standard InChI is InChI=1S/C18H28F6O4.C17H24O2.C16H26O3.C13H18O5/c1-6-14(2,3)13(25)28-12-8-10(15(4,26)17(19,20)21)7-11(9-12)16(5,27)18(22,23)24;1-4-16(2,3)15(18)19-17(12-8-9-13-17)14-10-6-5-7-11-14;1-4-14(2,3)13(17)19-16-8-11-5-12(9-16)7-15(18,6-11)10-16;1-4-13(2,3)12(15)18-9-7-5-6-8(16-7)10(9)17-11(6)14/h10-12,26-27H,6-9H2,1-5H3;5-7,10-11H,4,8-9,12-13H2,1-3H3;11-12,18H,4-10H2,1-3H3;6-10H,4-5H2,1-3H3. The number of hydrogen-bond acceptors (Lipinski definition) is 14. The molecule has 0 spiro atoms. The van der Waals surface area contributed by atoms with Crippen molar-refractivity contribution >= 4 is 29.8 Å². The first-order chi connectivity index (χ1) is 38.5. The summed E-state index contributed by atoms with van der Waals surface area (Å²) in [5, 5.41) is 30.6. The van der Waals surface area contributed by atoms with Crippen LogP contribution in [0.3, 0.4) is 0 Å². The highest BCUT2D eigenvalue weighted by Gasteiger charge is 2.66. The second-order valence-electron chi connectivity index (χ2n) is 28.8. The van der Waals surface area contributed by atoms with E-state index in [2.05, 4.69) is 12.1 Å². The largest absolute Gasteiger partial charge is 0.462 e. The van der Waals surface area contributed by atoms with Crippen molar-refractivity contribution in [3.8, 4) is 0 Å². The molecule has 0 aromatic heterocycles. The molecular weight excluding hydrogens is 1110 g/mol. The summed E-state index contributed by atoms with van der Waals surface area (Å²) in [6, 6.07) is 10.2. The molecule has 6 saturated carbocycles. The second kappa shape index (κ2) is 24.9. The first kappa shape index (κ1) is 69.1. The average molecular weight is 1200 g/mol. The Morgan fingerprint density at radius 1 is 0.583 bits per heavy atom. The quantitative estimate of drug-likeness (QED) is 0.0850. The minimum atomic E-state index is -5.10. The maximum absolute atomic E-state index is 13.3. The van der Waals surface area contributed by atoms with E-state index >= 15 is 0 Å². The molecule has 3 N–H and O–H groups in total. The summed E-state index contributed by atoms with van der Waals surface area (Å²) < 4.78 is 113. The molecule has 6 bridgehead atoms. The van der Waals surface area contributed by atoms with Crippen LogP contribution in [0.15, 0.2) is 30.3 Å². The molecule has 10 rings (SSSR count). The zero-order chi connectivity index (χ0) is 63.2. The fraction of sp³-hybridized carbons (Fsp3) is 0.828. The molecule has 6 aliphatic carbocycles. The van der Waals surface area contributed by atoms with Gasteiger partial charge < -0.3 is 43.7 Å². The van der Waals surface area contributed by atoms with Crippen LogP contribution >= 0.6 is 0 Å². The van der Waals surface area contributed by atoms with E-state index in [1.165, 1.54) is 6.42 Å². The molecule has 20 heteroatoms. The lowest BCUT2D eigenvalue weighted by Gasteiger charge is -2.59. The van der Waals surface area contributed by atoms with Crippen LogP contribution in [0, 0.1) is 51.2 Å². The molecule has 9 aliphatic rings. The number of alkyl halides is 6. The Morgan fingerprint density at radius 2 is 1.02 bits per heavy atom. The van der Waals surface area contributed by atoms with Crippen LogP contribution in [0.25, 0.3) is 0 Å². The molecule has 9 fully saturated rings. The Kier molecular flexibility index (Phi) is 20.5. The van der Waals surface area contributed by atoms with Crippen molar-refractivity contribution in [2.45, 2.75) is 283 Å². The topological polar surface area (TPSA) is 201 Å². The van der Waals surface area contributed by atoms with Crippen molar-refractivity contribution in [3.63, 3.8) is 0 Å². The predicted molar refractivity (Wildman–Crippen MR) is 298 cm³/mol. The molecule has 3 aliphatic heterocycles. The summed E-state index contributed by atoms with van der Waals surface area (Å²) >= 11 is 0. The van der Waals surface area contributed by atoms with E-state index in [9.17, 15) is 65.6 Å². The minimum Gasteiger partial charge on any atom is -0.462 e. The first-order valence-corrected chi connectivity index (χ1v) is 30.6. The number of carbonyl (C=O) groups excluding carboxylic acids is 5. The van der Waals surface area contributed by atoms with Crippen molar-refractivity contribution in [1.29, 1.82) is 0 Å². The van der Waals surface area contributed by atoms with Gasteiger partial charge in [-0.2, -0.15) is 26.3 Å². The van der Waals surface area contributed by atoms with Gasteiger partial charge in [-0.1, -0.05) is 58.0 Å². The third-order valence-corrected chi connectivity index (χ3v) is 20.7. The van der Waals surface area contributed by atoms with Gasteiger partial charge in [-0.15, -0.1) is 0 Å². The Balaban J connectivity index is 0.000000182. The molecule has 84 heavy (non-hydrogen) atoms. The number of fused-ring (bicyclic) bond motifs is 1. The van der Waals surface area contributed by atoms with E-state index < -0.39 is 106 Å². The van der Waals surface area contributed by atoms with E-state index in [0.717, 1.165) is 69.8 Å². The number of rotatable bonds is 15. The summed E-state index contributed by atoms with van der Waals surface area (Å²) in [7, 11) is 0. The number of benzene rings is 1. The molecule has 14 nitrogen and oxygen atoms in total. The van der Waals surface area contributed by atoms with E-state index in [1.54, 1.807) is 20.8 Å². The lowest BCUT2D eigenvalue weighted by Crippen LogP contribution is -2.61. The maximum atomic E-state index is 13.3. The van der Waals surface area contributed by atoms with Crippen molar-refractivity contribution in [2.75, 3.05) is 0 Å². The Bertz CT molecular complexity index is 2430. The van der Waals surface area contributed by atoms with Crippen LogP contribution in [0.5, 0.6) is 0 Å². The van der Waals surface area contributed by atoms with E-state index in [-0.39, 0.29) is 53.2 Å². The van der Waals surface area contributed by atoms with Gasteiger partial charge in [0.05, 0.1) is 39.3 Å². The molecule has 0 amide bonds. The van der Waals surface area contributed by atoms with E-state index in [4.69, 9.17) is 28.4 Å². The Hall–Kier alpha value is -4.01. The fourth-order valence-electron chi connectivity index (χ4n) is 13.3. The molecule has 3 saturated heterocycles. The molecule has 1 aromatic carbocycles.